The minimum Gasteiger partial charge on any atom is -0.415 e. The third kappa shape index (κ3) is 2.73. The topological polar surface area (TPSA) is 52.1 Å². The van der Waals surface area contributed by atoms with Crippen molar-refractivity contribution >= 4 is 5.78 Å². The van der Waals surface area contributed by atoms with E-state index in [2.05, 4.69) is 14.7 Å². The number of hydrogen-bond acceptors (Lipinski definition) is 4. The van der Waals surface area contributed by atoms with Crippen molar-refractivity contribution in [2.75, 3.05) is 0 Å². The molecule has 0 N–H and O–H groups in total. The predicted molar refractivity (Wildman–Crippen MR) is 38.7 cm³/mol. The largest absolute Gasteiger partial charge is 0.415 e. The second-order valence-electron chi connectivity index (χ2n) is 2.17. The predicted octanol–water partition coefficient (Wildman–Crippen LogP) is 1.28. The highest BCUT2D eigenvalue weighted by Crippen LogP contribution is 2.07. The van der Waals surface area contributed by atoms with Crippen LogP contribution in [0.25, 0.3) is 0 Å². The fraction of sp³-hybridized carbons (Fsp3) is 0.286. The Bertz CT molecular complexity index is 300. The Hall–Kier alpha value is -1.59. The second-order valence-corrected chi connectivity index (χ2v) is 2.17. The van der Waals surface area contributed by atoms with Crippen LogP contribution in [0.1, 0.15) is 17.4 Å². The number of halogens is 2. The van der Waals surface area contributed by atoms with E-state index in [0.29, 0.717) is 0 Å². The number of rotatable bonds is 3. The molecule has 70 valence electrons. The van der Waals surface area contributed by atoms with Gasteiger partial charge in [0.25, 0.3) is 0 Å². The first kappa shape index (κ1) is 9.50. The average Bonchev–Trinajstić information content (AvgIpc) is 2.04. The van der Waals surface area contributed by atoms with Crippen LogP contribution >= 0.6 is 0 Å². The summed E-state index contributed by atoms with van der Waals surface area (Å²) in [5, 5.41) is 0. The monoisotopic (exact) mass is 188 g/mol. The number of nitrogens with zero attached hydrogens (tertiary/aromatic N) is 2. The zero-order valence-corrected chi connectivity index (χ0v) is 6.70. The number of carbonyl (C=O) groups excluding carboxylic acids is 1. The van der Waals surface area contributed by atoms with Crippen molar-refractivity contribution in [1.29, 1.82) is 0 Å². The summed E-state index contributed by atoms with van der Waals surface area (Å²) in [6.45, 7) is -1.63. The van der Waals surface area contributed by atoms with Crippen molar-refractivity contribution < 1.29 is 18.3 Å². The summed E-state index contributed by atoms with van der Waals surface area (Å²) in [4.78, 5) is 17.7. The maximum absolute atomic E-state index is 11.6. The van der Waals surface area contributed by atoms with Gasteiger partial charge in [-0.3, -0.25) is 4.79 Å². The molecule has 0 aromatic carbocycles. The molecule has 0 saturated carbocycles. The SMILES string of the molecule is CC(=O)c1cnc(OC(F)F)cn1. The van der Waals surface area contributed by atoms with Gasteiger partial charge in [-0.05, 0) is 0 Å². The highest BCUT2D eigenvalue weighted by molar-refractivity contribution is 5.91. The summed E-state index contributed by atoms with van der Waals surface area (Å²) in [6.07, 6.45) is 2.06. The van der Waals surface area contributed by atoms with Gasteiger partial charge in [0.2, 0.25) is 5.88 Å². The quantitative estimate of drug-likeness (QED) is 0.670. The zero-order valence-electron chi connectivity index (χ0n) is 6.70. The van der Waals surface area contributed by atoms with E-state index in [1.807, 2.05) is 0 Å². The Kier molecular flexibility index (Phi) is 2.84. The molecule has 0 saturated heterocycles. The van der Waals surface area contributed by atoms with Crippen LogP contribution in [-0.2, 0) is 0 Å². The van der Waals surface area contributed by atoms with E-state index >= 15 is 0 Å². The van der Waals surface area contributed by atoms with Gasteiger partial charge < -0.3 is 4.74 Å². The molecule has 0 bridgehead atoms. The van der Waals surface area contributed by atoms with Crippen LogP contribution in [0.4, 0.5) is 8.78 Å². The molecule has 0 aliphatic carbocycles. The van der Waals surface area contributed by atoms with E-state index in [1.165, 1.54) is 6.92 Å². The minimum atomic E-state index is -2.93. The van der Waals surface area contributed by atoms with Crippen LogP contribution in [0.2, 0.25) is 0 Å². The van der Waals surface area contributed by atoms with Gasteiger partial charge in [-0.1, -0.05) is 0 Å². The lowest BCUT2D eigenvalue weighted by Crippen LogP contribution is -2.05. The van der Waals surface area contributed by atoms with E-state index in [0.717, 1.165) is 12.4 Å². The summed E-state index contributed by atoms with van der Waals surface area (Å²) in [7, 11) is 0. The highest BCUT2D eigenvalue weighted by atomic mass is 19.3. The van der Waals surface area contributed by atoms with Gasteiger partial charge >= 0.3 is 6.61 Å². The van der Waals surface area contributed by atoms with Crippen molar-refractivity contribution in [1.82, 2.24) is 9.97 Å². The summed E-state index contributed by atoms with van der Waals surface area (Å²) < 4.78 is 27.2. The Labute approximate surface area is 72.6 Å². The number of aromatic nitrogens is 2. The molecule has 0 fully saturated rings. The average molecular weight is 188 g/mol. The third-order valence-corrected chi connectivity index (χ3v) is 1.20. The first-order valence-corrected chi connectivity index (χ1v) is 3.37. The van der Waals surface area contributed by atoms with Crippen LogP contribution < -0.4 is 4.74 Å². The zero-order chi connectivity index (χ0) is 9.84. The number of ether oxygens (including phenoxy) is 1. The molecule has 1 rings (SSSR count). The van der Waals surface area contributed by atoms with Gasteiger partial charge in [-0.2, -0.15) is 8.78 Å². The molecule has 6 heteroatoms. The first-order valence-electron chi connectivity index (χ1n) is 3.37. The lowest BCUT2D eigenvalue weighted by atomic mass is 10.3. The Balaban J connectivity index is 2.75. The molecule has 0 amide bonds. The van der Waals surface area contributed by atoms with Crippen molar-refractivity contribution in [3.05, 3.63) is 18.1 Å². The molecule has 0 atom stereocenters. The van der Waals surface area contributed by atoms with Crippen LogP contribution in [0.15, 0.2) is 12.4 Å². The summed E-state index contributed by atoms with van der Waals surface area (Å²) in [5.41, 5.74) is 0.113. The van der Waals surface area contributed by atoms with Crippen molar-refractivity contribution in [3.8, 4) is 5.88 Å². The fourth-order valence-electron chi connectivity index (χ4n) is 0.650. The van der Waals surface area contributed by atoms with E-state index in [4.69, 9.17) is 0 Å². The lowest BCUT2D eigenvalue weighted by Gasteiger charge is -2.01. The first-order chi connectivity index (χ1) is 6.09. The maximum Gasteiger partial charge on any atom is 0.388 e. The second kappa shape index (κ2) is 3.88. The normalized spacial score (nSPS) is 10.2. The van der Waals surface area contributed by atoms with Gasteiger partial charge in [0.1, 0.15) is 5.69 Å². The van der Waals surface area contributed by atoms with Gasteiger partial charge in [0.15, 0.2) is 5.78 Å². The number of ketones is 1. The molecule has 0 unspecified atom stereocenters. The van der Waals surface area contributed by atoms with E-state index in [9.17, 15) is 13.6 Å². The van der Waals surface area contributed by atoms with E-state index < -0.39 is 6.61 Å². The molecule has 0 aliphatic rings. The molecule has 4 nitrogen and oxygen atoms in total. The molecule has 0 radical (unpaired) electrons. The Morgan fingerprint density at radius 3 is 2.54 bits per heavy atom. The van der Waals surface area contributed by atoms with E-state index in [1.54, 1.807) is 0 Å². The number of hydrogen-bond donors (Lipinski definition) is 0. The number of carbonyl (C=O) groups is 1. The molecule has 1 aromatic rings. The molecular formula is C7H6F2N2O2. The van der Waals surface area contributed by atoms with Crippen LogP contribution in [0.3, 0.4) is 0 Å². The van der Waals surface area contributed by atoms with Gasteiger partial charge in [0.05, 0.1) is 12.4 Å². The Morgan fingerprint density at radius 2 is 2.15 bits per heavy atom. The van der Waals surface area contributed by atoms with Crippen molar-refractivity contribution in [2.24, 2.45) is 0 Å². The molecule has 0 spiro atoms. The molecule has 1 aromatic heterocycles. The fourth-order valence-corrected chi connectivity index (χ4v) is 0.650. The van der Waals surface area contributed by atoms with Gasteiger partial charge in [-0.15, -0.1) is 0 Å². The summed E-state index contributed by atoms with van der Waals surface area (Å²) >= 11 is 0. The number of Topliss-reactive ketones (excluding diaryl/α,β-unsaturated/α-hetero) is 1. The van der Waals surface area contributed by atoms with E-state index in [-0.39, 0.29) is 17.4 Å². The Morgan fingerprint density at radius 1 is 1.46 bits per heavy atom. The smallest absolute Gasteiger partial charge is 0.388 e. The maximum atomic E-state index is 11.6. The molecule has 1 heterocycles. The molecule has 13 heavy (non-hydrogen) atoms. The van der Waals surface area contributed by atoms with Crippen molar-refractivity contribution in [2.45, 2.75) is 13.5 Å². The number of alkyl halides is 2. The van der Waals surface area contributed by atoms with Gasteiger partial charge in [0, 0.05) is 6.92 Å². The minimum absolute atomic E-state index is 0.113. The molecular weight excluding hydrogens is 182 g/mol. The van der Waals surface area contributed by atoms with Crippen LogP contribution in [0, 0.1) is 0 Å². The van der Waals surface area contributed by atoms with Gasteiger partial charge in [-0.25, -0.2) is 9.97 Å². The lowest BCUT2D eigenvalue weighted by molar-refractivity contribution is -0.0531. The summed E-state index contributed by atoms with van der Waals surface area (Å²) in [5.74, 6) is -0.587. The third-order valence-electron chi connectivity index (χ3n) is 1.20. The van der Waals surface area contributed by atoms with Crippen LogP contribution in [0.5, 0.6) is 5.88 Å². The highest BCUT2D eigenvalue weighted by Gasteiger charge is 2.06. The molecule has 0 aliphatic heterocycles. The standard InChI is InChI=1S/C7H6F2N2O2/c1-4(12)5-2-11-6(3-10-5)13-7(8)9/h2-3,7H,1H3. The van der Waals surface area contributed by atoms with Crippen LogP contribution in [-0.4, -0.2) is 22.4 Å². The summed E-state index contributed by atoms with van der Waals surface area (Å²) in [6, 6.07) is 0. The van der Waals surface area contributed by atoms with Crippen molar-refractivity contribution in [3.63, 3.8) is 0 Å².